The molecule has 0 aliphatic rings. The number of alkyl halides is 3. The quantitative estimate of drug-likeness (QED) is 0.233. The molecule has 7 N–H and O–H groups in total. The molecule has 0 aliphatic carbocycles. The van der Waals surface area contributed by atoms with Crippen molar-refractivity contribution in [3.8, 4) is 0 Å². The molecule has 0 bridgehead atoms. The van der Waals surface area contributed by atoms with Crippen LogP contribution in [0.1, 0.15) is 20.9 Å². The lowest BCUT2D eigenvalue weighted by molar-refractivity contribution is -0.192. The number of carbonyl (C=O) groups is 4. The van der Waals surface area contributed by atoms with Gasteiger partial charge in [0.2, 0.25) is 15.8 Å². The standard InChI is InChI=1S/C17H20N4O7S.C2HF3O2/c18-7-8-19-15(22)12-6-9-28-14(12)16(23)20-10-13(17(24)25)21-29(26,27)11-4-2-1-3-5-11;3-2(4,5)1(6)7/h1-6,9,13,21H,7-8,10,18H2,(H,19,22)(H,20,23)(H,24,25);(H,6,7)/t13-;/m0./s1. The van der Waals surface area contributed by atoms with E-state index in [0.717, 1.165) is 6.26 Å². The van der Waals surface area contributed by atoms with E-state index in [2.05, 4.69) is 10.6 Å². The molecule has 1 aromatic heterocycles. The Balaban J connectivity index is 0.000000809. The summed E-state index contributed by atoms with van der Waals surface area (Å²) in [5, 5.41) is 21.1. The Bertz CT molecular complexity index is 1170. The number of furan rings is 1. The van der Waals surface area contributed by atoms with Crippen LogP contribution in [0.15, 0.2) is 52.0 Å². The zero-order valence-electron chi connectivity index (χ0n) is 18.1. The monoisotopic (exact) mass is 538 g/mol. The van der Waals surface area contributed by atoms with Crippen molar-refractivity contribution in [2.24, 2.45) is 5.73 Å². The number of nitrogens with two attached hydrogens (primary N) is 1. The lowest BCUT2D eigenvalue weighted by Crippen LogP contribution is -2.48. The minimum atomic E-state index is -5.08. The number of aliphatic carboxylic acids is 2. The van der Waals surface area contributed by atoms with E-state index in [9.17, 15) is 41.1 Å². The normalized spacial score (nSPS) is 12.0. The molecule has 2 rings (SSSR count). The minimum absolute atomic E-state index is 0.0623. The van der Waals surface area contributed by atoms with Crippen molar-refractivity contribution in [3.05, 3.63) is 54.0 Å². The third-order valence-electron chi connectivity index (χ3n) is 3.90. The van der Waals surface area contributed by atoms with E-state index in [1.165, 1.54) is 30.3 Å². The second-order valence-electron chi connectivity index (χ2n) is 6.55. The molecule has 198 valence electrons. The summed E-state index contributed by atoms with van der Waals surface area (Å²) in [6.07, 6.45) is -3.96. The highest BCUT2D eigenvalue weighted by atomic mass is 32.2. The maximum absolute atomic E-state index is 12.3. The number of hydrogen-bond acceptors (Lipinski definition) is 8. The molecule has 1 aromatic carbocycles. The molecule has 0 spiro atoms. The van der Waals surface area contributed by atoms with Crippen LogP contribution in [0, 0.1) is 0 Å². The van der Waals surface area contributed by atoms with Gasteiger partial charge >= 0.3 is 18.1 Å². The number of carboxylic acids is 2. The van der Waals surface area contributed by atoms with E-state index >= 15 is 0 Å². The number of rotatable bonds is 10. The van der Waals surface area contributed by atoms with Crippen LogP contribution in [-0.4, -0.2) is 74.2 Å². The molecule has 17 heteroatoms. The van der Waals surface area contributed by atoms with Gasteiger partial charge in [0.15, 0.2) is 0 Å². The molecule has 0 saturated carbocycles. The fraction of sp³-hybridized carbons (Fsp3) is 0.263. The average molecular weight is 538 g/mol. The van der Waals surface area contributed by atoms with Gasteiger partial charge < -0.3 is 31.0 Å². The van der Waals surface area contributed by atoms with Crippen LogP contribution < -0.4 is 21.1 Å². The Labute approximate surface area is 201 Å². The van der Waals surface area contributed by atoms with Gasteiger partial charge in [-0.3, -0.25) is 14.4 Å². The van der Waals surface area contributed by atoms with Crippen LogP contribution in [0.4, 0.5) is 13.2 Å². The number of amides is 2. The molecule has 36 heavy (non-hydrogen) atoms. The number of sulfonamides is 1. The van der Waals surface area contributed by atoms with Crippen LogP contribution >= 0.6 is 0 Å². The van der Waals surface area contributed by atoms with Crippen molar-refractivity contribution >= 4 is 33.8 Å². The van der Waals surface area contributed by atoms with Gasteiger partial charge in [-0.25, -0.2) is 13.2 Å². The first-order chi connectivity index (χ1) is 16.7. The first-order valence-corrected chi connectivity index (χ1v) is 11.1. The Morgan fingerprint density at radius 1 is 1.00 bits per heavy atom. The molecule has 2 aromatic rings. The summed E-state index contributed by atoms with van der Waals surface area (Å²) in [4.78, 5) is 44.5. The zero-order valence-corrected chi connectivity index (χ0v) is 18.9. The first kappa shape index (κ1) is 30.1. The van der Waals surface area contributed by atoms with Crippen molar-refractivity contribution in [3.63, 3.8) is 0 Å². The van der Waals surface area contributed by atoms with E-state index in [4.69, 9.17) is 20.1 Å². The summed E-state index contributed by atoms with van der Waals surface area (Å²) >= 11 is 0. The number of hydrogen-bond donors (Lipinski definition) is 6. The number of carboxylic acid groups (broad SMARTS) is 2. The summed E-state index contributed by atoms with van der Waals surface area (Å²) in [7, 11) is -4.12. The van der Waals surface area contributed by atoms with Crippen molar-refractivity contribution in [2.45, 2.75) is 17.1 Å². The fourth-order valence-electron chi connectivity index (χ4n) is 2.25. The molecular weight excluding hydrogens is 517 g/mol. The topological polar surface area (TPSA) is 218 Å². The lowest BCUT2D eigenvalue weighted by atomic mass is 10.2. The van der Waals surface area contributed by atoms with Gasteiger partial charge in [0.05, 0.1) is 16.7 Å². The highest BCUT2D eigenvalue weighted by Crippen LogP contribution is 2.13. The number of benzene rings is 1. The molecule has 0 saturated heterocycles. The molecule has 13 nitrogen and oxygen atoms in total. The van der Waals surface area contributed by atoms with Gasteiger partial charge in [-0.05, 0) is 18.2 Å². The van der Waals surface area contributed by atoms with Crippen LogP contribution in [0.5, 0.6) is 0 Å². The van der Waals surface area contributed by atoms with Crippen molar-refractivity contribution in [1.29, 1.82) is 0 Å². The average Bonchev–Trinajstić information content (AvgIpc) is 3.30. The molecular formula is C19H21F3N4O9S. The molecule has 2 amide bonds. The Morgan fingerprint density at radius 3 is 2.08 bits per heavy atom. The molecule has 0 fully saturated rings. The molecule has 0 unspecified atom stereocenters. The Morgan fingerprint density at radius 2 is 1.58 bits per heavy atom. The second kappa shape index (κ2) is 13.2. The summed E-state index contributed by atoms with van der Waals surface area (Å²) < 4.78 is 63.3. The van der Waals surface area contributed by atoms with Crippen LogP contribution in [0.2, 0.25) is 0 Å². The maximum Gasteiger partial charge on any atom is 0.490 e. The highest BCUT2D eigenvalue weighted by molar-refractivity contribution is 7.89. The summed E-state index contributed by atoms with van der Waals surface area (Å²) in [5.74, 6) is -6.06. The summed E-state index contributed by atoms with van der Waals surface area (Å²) in [5.41, 5.74) is 5.24. The Hall–Kier alpha value is -3.96. The van der Waals surface area contributed by atoms with Crippen molar-refractivity contribution in [1.82, 2.24) is 15.4 Å². The van der Waals surface area contributed by atoms with Crippen LogP contribution in [0.3, 0.4) is 0 Å². The maximum atomic E-state index is 12.3. The predicted octanol–water partition coefficient (Wildman–Crippen LogP) is -0.237. The largest absolute Gasteiger partial charge is 0.490 e. The summed E-state index contributed by atoms with van der Waals surface area (Å²) in [6, 6.07) is 6.81. The van der Waals surface area contributed by atoms with Gasteiger partial charge in [-0.1, -0.05) is 18.2 Å². The van der Waals surface area contributed by atoms with Crippen molar-refractivity contribution < 1.29 is 55.4 Å². The zero-order chi connectivity index (χ0) is 27.5. The van der Waals surface area contributed by atoms with Crippen LogP contribution in [-0.2, 0) is 19.6 Å². The third-order valence-corrected chi connectivity index (χ3v) is 5.39. The van der Waals surface area contributed by atoms with E-state index < -0.39 is 52.5 Å². The second-order valence-corrected chi connectivity index (χ2v) is 8.26. The van der Waals surface area contributed by atoms with Gasteiger partial charge in [-0.2, -0.15) is 17.9 Å². The van der Waals surface area contributed by atoms with E-state index in [1.807, 2.05) is 4.72 Å². The Kier molecular flexibility index (Phi) is 11.0. The minimum Gasteiger partial charge on any atom is -0.480 e. The SMILES string of the molecule is NCCNC(=O)c1ccoc1C(=O)NC[C@H](NS(=O)(=O)c1ccccc1)C(=O)O.O=C(O)C(F)(F)F. The van der Waals surface area contributed by atoms with Crippen molar-refractivity contribution in [2.75, 3.05) is 19.6 Å². The highest BCUT2D eigenvalue weighted by Gasteiger charge is 2.38. The van der Waals surface area contributed by atoms with Crippen LogP contribution in [0.25, 0.3) is 0 Å². The fourth-order valence-corrected chi connectivity index (χ4v) is 3.46. The number of nitrogens with one attached hydrogen (secondary N) is 3. The molecule has 1 heterocycles. The van der Waals surface area contributed by atoms with Gasteiger partial charge in [0.1, 0.15) is 6.04 Å². The first-order valence-electron chi connectivity index (χ1n) is 9.65. The van der Waals surface area contributed by atoms with Gasteiger partial charge in [0.25, 0.3) is 11.8 Å². The number of halogens is 3. The van der Waals surface area contributed by atoms with E-state index in [0.29, 0.717) is 0 Å². The third kappa shape index (κ3) is 9.35. The van der Waals surface area contributed by atoms with Gasteiger partial charge in [-0.15, -0.1) is 0 Å². The summed E-state index contributed by atoms with van der Waals surface area (Å²) in [6.45, 7) is -0.189. The molecule has 1 atom stereocenters. The number of carbonyl (C=O) groups excluding carboxylic acids is 2. The smallest absolute Gasteiger partial charge is 0.480 e. The lowest BCUT2D eigenvalue weighted by Gasteiger charge is -2.15. The molecule has 0 radical (unpaired) electrons. The van der Waals surface area contributed by atoms with E-state index in [1.54, 1.807) is 6.07 Å². The van der Waals surface area contributed by atoms with E-state index in [-0.39, 0.29) is 29.3 Å². The van der Waals surface area contributed by atoms with Gasteiger partial charge in [0, 0.05) is 19.6 Å². The molecule has 0 aliphatic heterocycles. The predicted molar refractivity (Wildman–Crippen MR) is 114 cm³/mol.